The first-order chi connectivity index (χ1) is 13.0. The fourth-order valence-corrected chi connectivity index (χ4v) is 2.66. The molecule has 0 fully saturated rings. The van der Waals surface area contributed by atoms with Crippen LogP contribution in [0.2, 0.25) is 0 Å². The van der Waals surface area contributed by atoms with Crippen molar-refractivity contribution in [1.29, 1.82) is 0 Å². The van der Waals surface area contributed by atoms with Gasteiger partial charge in [-0.25, -0.2) is 9.37 Å². The number of halogens is 2. The second kappa shape index (κ2) is 8.36. The standard InChI is InChI=1S/C22H18F2N2O/c1-15(26-22(27)11-8-16-4-2-7-20(23)12-16)17-5-3-6-18(13-17)19-9-10-21(24)25-14-19/h2-15H,1H3,(H,26,27). The molecule has 1 heterocycles. The van der Waals surface area contributed by atoms with Gasteiger partial charge in [0.05, 0.1) is 6.04 Å². The van der Waals surface area contributed by atoms with E-state index in [0.29, 0.717) is 5.56 Å². The molecule has 0 radical (unpaired) electrons. The summed E-state index contributed by atoms with van der Waals surface area (Å²) in [5.74, 6) is -1.15. The summed E-state index contributed by atoms with van der Waals surface area (Å²) in [5, 5.41) is 2.87. The number of nitrogens with zero attached hydrogens (tertiary/aromatic N) is 1. The van der Waals surface area contributed by atoms with Crippen LogP contribution in [-0.4, -0.2) is 10.9 Å². The van der Waals surface area contributed by atoms with Gasteiger partial charge >= 0.3 is 0 Å². The normalized spacial score (nSPS) is 12.1. The maximum Gasteiger partial charge on any atom is 0.244 e. The fourth-order valence-electron chi connectivity index (χ4n) is 2.66. The van der Waals surface area contributed by atoms with Crippen LogP contribution in [0.5, 0.6) is 0 Å². The number of benzene rings is 2. The lowest BCUT2D eigenvalue weighted by Crippen LogP contribution is -2.24. The fraction of sp³-hybridized carbons (Fsp3) is 0.0909. The maximum atomic E-state index is 13.2. The van der Waals surface area contributed by atoms with Crippen LogP contribution in [0.4, 0.5) is 8.78 Å². The molecule has 0 aliphatic heterocycles. The Kier molecular flexibility index (Phi) is 5.71. The van der Waals surface area contributed by atoms with Crippen LogP contribution < -0.4 is 5.32 Å². The molecule has 1 atom stereocenters. The molecule has 0 saturated carbocycles. The van der Waals surface area contributed by atoms with Gasteiger partial charge in [-0.05, 0) is 60.0 Å². The van der Waals surface area contributed by atoms with E-state index in [0.717, 1.165) is 16.7 Å². The molecule has 2 aromatic carbocycles. The third-order valence-corrected chi connectivity index (χ3v) is 4.08. The van der Waals surface area contributed by atoms with Crippen molar-refractivity contribution >= 4 is 12.0 Å². The lowest BCUT2D eigenvalue weighted by molar-refractivity contribution is -0.117. The number of hydrogen-bond acceptors (Lipinski definition) is 2. The minimum atomic E-state index is -0.527. The molecule has 0 aliphatic carbocycles. The van der Waals surface area contributed by atoms with Gasteiger partial charge in [0.15, 0.2) is 0 Å². The van der Waals surface area contributed by atoms with Gasteiger partial charge in [-0.3, -0.25) is 4.79 Å². The first-order valence-corrected chi connectivity index (χ1v) is 8.47. The van der Waals surface area contributed by atoms with Gasteiger partial charge in [0.2, 0.25) is 11.9 Å². The monoisotopic (exact) mass is 364 g/mol. The first-order valence-electron chi connectivity index (χ1n) is 8.47. The van der Waals surface area contributed by atoms with Crippen molar-refractivity contribution in [3.63, 3.8) is 0 Å². The quantitative estimate of drug-likeness (QED) is 0.516. The highest BCUT2D eigenvalue weighted by Gasteiger charge is 2.09. The van der Waals surface area contributed by atoms with Gasteiger partial charge in [-0.1, -0.05) is 30.3 Å². The topological polar surface area (TPSA) is 42.0 Å². The van der Waals surface area contributed by atoms with Crippen molar-refractivity contribution in [3.05, 3.63) is 95.8 Å². The van der Waals surface area contributed by atoms with E-state index in [1.165, 1.54) is 30.5 Å². The number of aromatic nitrogens is 1. The lowest BCUT2D eigenvalue weighted by Gasteiger charge is -2.14. The van der Waals surface area contributed by atoms with Crippen molar-refractivity contribution in [2.24, 2.45) is 0 Å². The van der Waals surface area contributed by atoms with Gasteiger partial charge in [0, 0.05) is 17.8 Å². The molecule has 1 N–H and O–H groups in total. The number of carbonyl (C=O) groups is 1. The second-order valence-corrected chi connectivity index (χ2v) is 6.11. The Balaban J connectivity index is 1.68. The average Bonchev–Trinajstić information content (AvgIpc) is 2.67. The highest BCUT2D eigenvalue weighted by molar-refractivity contribution is 5.92. The Bertz CT molecular complexity index is 968. The Morgan fingerprint density at radius 1 is 1.04 bits per heavy atom. The third kappa shape index (κ3) is 5.07. The summed E-state index contributed by atoms with van der Waals surface area (Å²) >= 11 is 0. The molecular weight excluding hydrogens is 346 g/mol. The van der Waals surface area contributed by atoms with Gasteiger partial charge < -0.3 is 5.32 Å². The second-order valence-electron chi connectivity index (χ2n) is 6.11. The molecule has 0 saturated heterocycles. The number of amides is 1. The molecule has 27 heavy (non-hydrogen) atoms. The van der Waals surface area contributed by atoms with E-state index in [2.05, 4.69) is 10.3 Å². The summed E-state index contributed by atoms with van der Waals surface area (Å²) in [5.41, 5.74) is 3.20. The zero-order chi connectivity index (χ0) is 19.2. The SMILES string of the molecule is CC(NC(=O)C=Cc1cccc(F)c1)c1cccc(-c2ccc(F)nc2)c1. The van der Waals surface area contributed by atoms with Crippen LogP contribution in [0.1, 0.15) is 24.1 Å². The van der Waals surface area contributed by atoms with E-state index in [4.69, 9.17) is 0 Å². The summed E-state index contributed by atoms with van der Waals surface area (Å²) in [4.78, 5) is 15.8. The van der Waals surface area contributed by atoms with Gasteiger partial charge in [-0.15, -0.1) is 0 Å². The highest BCUT2D eigenvalue weighted by Crippen LogP contribution is 2.23. The van der Waals surface area contributed by atoms with Crippen LogP contribution in [0.25, 0.3) is 17.2 Å². The molecule has 136 valence electrons. The van der Waals surface area contributed by atoms with Crippen LogP contribution >= 0.6 is 0 Å². The minimum Gasteiger partial charge on any atom is -0.346 e. The number of carbonyl (C=O) groups excluding carboxylic acids is 1. The van der Waals surface area contributed by atoms with E-state index in [1.807, 2.05) is 31.2 Å². The van der Waals surface area contributed by atoms with Crippen molar-refractivity contribution < 1.29 is 13.6 Å². The largest absolute Gasteiger partial charge is 0.346 e. The molecule has 3 rings (SSSR count). The zero-order valence-electron chi connectivity index (χ0n) is 14.7. The van der Waals surface area contributed by atoms with Crippen LogP contribution in [0.15, 0.2) is 72.9 Å². The lowest BCUT2D eigenvalue weighted by atomic mass is 10.0. The van der Waals surface area contributed by atoms with E-state index in [9.17, 15) is 13.6 Å². The minimum absolute atomic E-state index is 0.233. The summed E-state index contributed by atoms with van der Waals surface area (Å²) in [6.45, 7) is 1.87. The molecule has 3 aromatic rings. The summed E-state index contributed by atoms with van der Waals surface area (Å²) in [6.07, 6.45) is 4.41. The molecule has 1 unspecified atom stereocenters. The van der Waals surface area contributed by atoms with E-state index < -0.39 is 5.95 Å². The number of nitrogens with one attached hydrogen (secondary N) is 1. The molecule has 1 amide bonds. The summed E-state index contributed by atoms with van der Waals surface area (Å²) in [6, 6.07) is 16.4. The third-order valence-electron chi connectivity index (χ3n) is 4.08. The Hall–Kier alpha value is -3.34. The number of pyridine rings is 1. The smallest absolute Gasteiger partial charge is 0.244 e. The van der Waals surface area contributed by atoms with Gasteiger partial charge in [0.25, 0.3) is 0 Å². The molecule has 0 bridgehead atoms. The van der Waals surface area contributed by atoms with Crippen LogP contribution in [0, 0.1) is 11.8 Å². The Morgan fingerprint density at radius 2 is 1.85 bits per heavy atom. The molecule has 3 nitrogen and oxygen atoms in total. The Labute approximate surface area is 156 Å². The average molecular weight is 364 g/mol. The maximum absolute atomic E-state index is 13.2. The first kappa shape index (κ1) is 18.5. The predicted molar refractivity (Wildman–Crippen MR) is 102 cm³/mol. The van der Waals surface area contributed by atoms with E-state index in [1.54, 1.807) is 24.3 Å². The predicted octanol–water partition coefficient (Wildman–Crippen LogP) is 4.92. The van der Waals surface area contributed by atoms with E-state index >= 15 is 0 Å². The molecular formula is C22H18F2N2O. The number of rotatable bonds is 5. The van der Waals surface area contributed by atoms with Crippen molar-refractivity contribution in [1.82, 2.24) is 10.3 Å². The van der Waals surface area contributed by atoms with E-state index in [-0.39, 0.29) is 17.8 Å². The van der Waals surface area contributed by atoms with Crippen LogP contribution in [0.3, 0.4) is 0 Å². The molecule has 5 heteroatoms. The molecule has 0 spiro atoms. The van der Waals surface area contributed by atoms with Crippen LogP contribution in [-0.2, 0) is 4.79 Å². The highest BCUT2D eigenvalue weighted by atomic mass is 19.1. The molecule has 0 aliphatic rings. The zero-order valence-corrected chi connectivity index (χ0v) is 14.7. The molecule has 1 aromatic heterocycles. The summed E-state index contributed by atoms with van der Waals surface area (Å²) < 4.78 is 26.1. The van der Waals surface area contributed by atoms with Gasteiger partial charge in [-0.2, -0.15) is 4.39 Å². The van der Waals surface area contributed by atoms with Gasteiger partial charge in [0.1, 0.15) is 5.82 Å². The van der Waals surface area contributed by atoms with Crippen molar-refractivity contribution in [2.45, 2.75) is 13.0 Å². The van der Waals surface area contributed by atoms with Crippen molar-refractivity contribution in [2.75, 3.05) is 0 Å². The summed E-state index contributed by atoms with van der Waals surface area (Å²) in [7, 11) is 0. The Morgan fingerprint density at radius 3 is 2.59 bits per heavy atom. The van der Waals surface area contributed by atoms with Crippen molar-refractivity contribution in [3.8, 4) is 11.1 Å². The number of hydrogen-bond donors (Lipinski definition) is 1.